The third-order valence-electron chi connectivity index (χ3n) is 2.06. The van der Waals surface area contributed by atoms with Crippen LogP contribution in [0, 0.1) is 0 Å². The molecule has 2 nitrogen and oxygen atoms in total. The molecule has 0 unspecified atom stereocenters. The Labute approximate surface area is 80.3 Å². The molecule has 72 valence electrons. The molecule has 0 N–H and O–H groups in total. The van der Waals surface area contributed by atoms with E-state index in [-0.39, 0.29) is 0 Å². The Morgan fingerprint density at radius 2 is 2.15 bits per heavy atom. The molecule has 0 spiro atoms. The third-order valence-corrected chi connectivity index (χ3v) is 2.06. The van der Waals surface area contributed by atoms with Gasteiger partial charge in [-0.15, -0.1) is 0 Å². The average molecular weight is 178 g/mol. The van der Waals surface area contributed by atoms with Crippen molar-refractivity contribution < 1.29 is 0 Å². The van der Waals surface area contributed by atoms with Gasteiger partial charge in [0.15, 0.2) is 0 Å². The van der Waals surface area contributed by atoms with Gasteiger partial charge < -0.3 is 0 Å². The third kappa shape index (κ3) is 2.44. The first kappa shape index (κ1) is 10.0. The summed E-state index contributed by atoms with van der Waals surface area (Å²) in [4.78, 5) is 0. The van der Waals surface area contributed by atoms with E-state index in [1.54, 1.807) is 0 Å². The summed E-state index contributed by atoms with van der Waals surface area (Å²) in [6, 6.07) is 2.18. The van der Waals surface area contributed by atoms with Crippen LogP contribution in [0.3, 0.4) is 0 Å². The zero-order valence-corrected chi connectivity index (χ0v) is 8.80. The Morgan fingerprint density at radius 3 is 2.62 bits per heavy atom. The lowest BCUT2D eigenvalue weighted by Crippen LogP contribution is -2.05. The van der Waals surface area contributed by atoms with Crippen LogP contribution >= 0.6 is 0 Å². The van der Waals surface area contributed by atoms with Crippen molar-refractivity contribution in [2.24, 2.45) is 0 Å². The van der Waals surface area contributed by atoms with Crippen molar-refractivity contribution >= 4 is 0 Å². The molecule has 13 heavy (non-hydrogen) atoms. The minimum atomic E-state index is 0.850. The van der Waals surface area contributed by atoms with Crippen LogP contribution in [-0.2, 0) is 19.4 Å². The lowest BCUT2D eigenvalue weighted by Gasteiger charge is -2.04. The van der Waals surface area contributed by atoms with Gasteiger partial charge in [-0.2, -0.15) is 5.10 Å². The summed E-state index contributed by atoms with van der Waals surface area (Å²) >= 11 is 0. The Kier molecular flexibility index (Phi) is 3.29. The molecule has 0 aliphatic rings. The van der Waals surface area contributed by atoms with E-state index in [4.69, 9.17) is 0 Å². The summed E-state index contributed by atoms with van der Waals surface area (Å²) in [5.41, 5.74) is 3.64. The lowest BCUT2D eigenvalue weighted by molar-refractivity contribution is 0.634. The number of hydrogen-bond donors (Lipinski definition) is 0. The normalized spacial score (nSPS) is 10.4. The molecule has 0 aliphatic heterocycles. The first-order valence-corrected chi connectivity index (χ1v) is 4.87. The van der Waals surface area contributed by atoms with Gasteiger partial charge in [0.25, 0.3) is 0 Å². The summed E-state index contributed by atoms with van der Waals surface area (Å²) in [5, 5.41) is 4.50. The van der Waals surface area contributed by atoms with Crippen molar-refractivity contribution in [1.82, 2.24) is 9.78 Å². The Balaban J connectivity index is 2.90. The largest absolute Gasteiger partial charge is 0.265 e. The Bertz CT molecular complexity index is 297. The summed E-state index contributed by atoms with van der Waals surface area (Å²) in [6.07, 6.45) is 2.05. The molecule has 1 heterocycles. The van der Waals surface area contributed by atoms with Crippen LogP contribution in [0.5, 0.6) is 0 Å². The molecule has 0 aromatic carbocycles. The second-order valence-electron chi connectivity index (χ2n) is 3.45. The van der Waals surface area contributed by atoms with Crippen LogP contribution in [0.2, 0.25) is 0 Å². The number of hydrogen-bond acceptors (Lipinski definition) is 1. The van der Waals surface area contributed by atoms with E-state index in [0.29, 0.717) is 0 Å². The fraction of sp³-hybridized carbons (Fsp3) is 0.545. The average Bonchev–Trinajstić information content (AvgIpc) is 2.46. The van der Waals surface area contributed by atoms with Gasteiger partial charge >= 0.3 is 0 Å². The van der Waals surface area contributed by atoms with Crippen LogP contribution in [-0.4, -0.2) is 9.78 Å². The van der Waals surface area contributed by atoms with E-state index in [2.05, 4.69) is 36.3 Å². The van der Waals surface area contributed by atoms with Crippen molar-refractivity contribution in [2.75, 3.05) is 0 Å². The number of aromatic nitrogens is 2. The molecule has 0 atom stereocenters. The molecule has 0 radical (unpaired) electrons. The highest BCUT2D eigenvalue weighted by Gasteiger charge is 2.04. The van der Waals surface area contributed by atoms with Crippen LogP contribution < -0.4 is 0 Å². The smallest absolute Gasteiger partial charge is 0.0624 e. The van der Waals surface area contributed by atoms with E-state index in [1.165, 1.54) is 11.4 Å². The van der Waals surface area contributed by atoms with Crippen molar-refractivity contribution in [1.29, 1.82) is 0 Å². The molecule has 0 fully saturated rings. The lowest BCUT2D eigenvalue weighted by atomic mass is 10.2. The van der Waals surface area contributed by atoms with Crippen molar-refractivity contribution in [3.63, 3.8) is 0 Å². The number of aryl methyl sites for hydroxylation is 2. The van der Waals surface area contributed by atoms with Crippen LogP contribution in [0.1, 0.15) is 32.2 Å². The molecule has 2 heteroatoms. The highest BCUT2D eigenvalue weighted by Crippen LogP contribution is 2.08. The molecule has 0 bridgehead atoms. The quantitative estimate of drug-likeness (QED) is 0.648. The number of rotatable bonds is 4. The fourth-order valence-electron chi connectivity index (χ4n) is 1.36. The number of nitrogens with zero attached hydrogens (tertiary/aromatic N) is 2. The molecular formula is C11H18N2. The van der Waals surface area contributed by atoms with E-state index < -0.39 is 0 Å². The highest BCUT2D eigenvalue weighted by molar-refractivity contribution is 5.11. The van der Waals surface area contributed by atoms with Gasteiger partial charge in [-0.1, -0.05) is 26.0 Å². The van der Waals surface area contributed by atoms with Crippen molar-refractivity contribution in [3.05, 3.63) is 29.6 Å². The van der Waals surface area contributed by atoms with Crippen LogP contribution in [0.4, 0.5) is 0 Å². The molecule has 0 amide bonds. The van der Waals surface area contributed by atoms with Crippen LogP contribution in [0.25, 0.3) is 0 Å². The topological polar surface area (TPSA) is 17.8 Å². The minimum absolute atomic E-state index is 0.850. The molecule has 0 saturated carbocycles. The van der Waals surface area contributed by atoms with Gasteiger partial charge in [-0.3, -0.25) is 4.68 Å². The molecule has 1 aromatic heterocycles. The molecule has 0 aliphatic carbocycles. The fourth-order valence-corrected chi connectivity index (χ4v) is 1.36. The van der Waals surface area contributed by atoms with Gasteiger partial charge in [0.05, 0.1) is 12.2 Å². The van der Waals surface area contributed by atoms with Gasteiger partial charge in [0.1, 0.15) is 0 Å². The molecule has 1 rings (SSSR count). The van der Waals surface area contributed by atoms with Gasteiger partial charge in [-0.05, 0) is 25.8 Å². The van der Waals surface area contributed by atoms with Gasteiger partial charge in [0.2, 0.25) is 0 Å². The monoisotopic (exact) mass is 178 g/mol. The first-order valence-electron chi connectivity index (χ1n) is 4.87. The summed E-state index contributed by atoms with van der Waals surface area (Å²) in [6.45, 7) is 11.1. The van der Waals surface area contributed by atoms with Crippen LogP contribution in [0.15, 0.2) is 18.2 Å². The van der Waals surface area contributed by atoms with E-state index in [0.717, 1.165) is 25.0 Å². The molecular weight excluding hydrogens is 160 g/mol. The Morgan fingerprint density at radius 1 is 1.46 bits per heavy atom. The van der Waals surface area contributed by atoms with E-state index in [9.17, 15) is 0 Å². The molecule has 1 aromatic rings. The first-order chi connectivity index (χ1) is 6.17. The summed E-state index contributed by atoms with van der Waals surface area (Å²) in [7, 11) is 0. The predicted molar refractivity (Wildman–Crippen MR) is 55.8 cm³/mol. The van der Waals surface area contributed by atoms with Gasteiger partial charge in [0, 0.05) is 5.69 Å². The summed E-state index contributed by atoms with van der Waals surface area (Å²) < 4.78 is 2.06. The van der Waals surface area contributed by atoms with Crippen molar-refractivity contribution in [2.45, 2.75) is 40.2 Å². The second-order valence-corrected chi connectivity index (χ2v) is 3.45. The van der Waals surface area contributed by atoms with E-state index in [1.807, 2.05) is 6.92 Å². The minimum Gasteiger partial charge on any atom is -0.265 e. The summed E-state index contributed by atoms with van der Waals surface area (Å²) in [5.74, 6) is 0. The van der Waals surface area contributed by atoms with E-state index >= 15 is 0 Å². The second kappa shape index (κ2) is 4.26. The van der Waals surface area contributed by atoms with Crippen molar-refractivity contribution in [3.8, 4) is 0 Å². The predicted octanol–water partition coefficient (Wildman–Crippen LogP) is 2.58. The zero-order valence-electron chi connectivity index (χ0n) is 8.80. The highest BCUT2D eigenvalue weighted by atomic mass is 15.3. The maximum absolute atomic E-state index is 4.50. The van der Waals surface area contributed by atoms with Gasteiger partial charge in [-0.25, -0.2) is 0 Å². The number of allylic oxidation sites excluding steroid dienone is 1. The standard InChI is InChI=1S/C11H18N2/c1-5-10-7-11(6-2)13(12-10)8-9(3)4/h7H,3,5-6,8H2,1-2,4H3. The maximum atomic E-state index is 4.50. The molecule has 0 saturated heterocycles. The maximum Gasteiger partial charge on any atom is 0.0624 e. The SMILES string of the molecule is C=C(C)Cn1nc(CC)cc1CC. The Hall–Kier alpha value is -1.05. The zero-order chi connectivity index (χ0) is 9.84.